The number of hydrogen-bond donors (Lipinski definition) is 1. The van der Waals surface area contributed by atoms with Crippen LogP contribution in [0.4, 0.5) is 17.6 Å². The SMILES string of the molecule is O=C(NCC(F)F)[C@@H]1CCCC(F)(F)C1. The Bertz CT molecular complexity index is 232. The van der Waals surface area contributed by atoms with Crippen molar-refractivity contribution in [3.63, 3.8) is 0 Å². The highest BCUT2D eigenvalue weighted by Crippen LogP contribution is 2.36. The molecule has 1 saturated carbocycles. The predicted molar refractivity (Wildman–Crippen MR) is 45.9 cm³/mol. The van der Waals surface area contributed by atoms with E-state index in [2.05, 4.69) is 0 Å². The summed E-state index contributed by atoms with van der Waals surface area (Å²) in [5.74, 6) is -4.34. The van der Waals surface area contributed by atoms with Crippen LogP contribution in [0.3, 0.4) is 0 Å². The Morgan fingerprint density at radius 2 is 2.13 bits per heavy atom. The summed E-state index contributed by atoms with van der Waals surface area (Å²) < 4.78 is 49.3. The molecule has 1 amide bonds. The minimum absolute atomic E-state index is 0.217. The Labute approximate surface area is 85.0 Å². The first kappa shape index (κ1) is 12.3. The van der Waals surface area contributed by atoms with Crippen LogP contribution in [-0.4, -0.2) is 24.8 Å². The molecule has 88 valence electrons. The highest BCUT2D eigenvalue weighted by atomic mass is 19.3. The zero-order chi connectivity index (χ0) is 11.5. The van der Waals surface area contributed by atoms with Crippen LogP contribution in [0, 0.1) is 5.92 Å². The number of halogens is 4. The number of carbonyl (C=O) groups excluding carboxylic acids is 1. The molecule has 1 aliphatic rings. The molecule has 0 radical (unpaired) electrons. The van der Waals surface area contributed by atoms with Crippen molar-refractivity contribution in [3.05, 3.63) is 0 Å². The van der Waals surface area contributed by atoms with Crippen molar-refractivity contribution in [3.8, 4) is 0 Å². The maximum atomic E-state index is 12.9. The summed E-state index contributed by atoms with van der Waals surface area (Å²) in [6.07, 6.45) is -2.77. The molecule has 0 bridgehead atoms. The van der Waals surface area contributed by atoms with E-state index in [0.29, 0.717) is 6.42 Å². The third-order valence-corrected chi connectivity index (χ3v) is 2.44. The van der Waals surface area contributed by atoms with Gasteiger partial charge in [0.05, 0.1) is 6.54 Å². The van der Waals surface area contributed by atoms with Crippen molar-refractivity contribution in [1.29, 1.82) is 0 Å². The van der Waals surface area contributed by atoms with E-state index in [9.17, 15) is 22.4 Å². The van der Waals surface area contributed by atoms with Crippen LogP contribution in [0.5, 0.6) is 0 Å². The van der Waals surface area contributed by atoms with E-state index in [1.807, 2.05) is 5.32 Å². The molecule has 1 aliphatic carbocycles. The average molecular weight is 227 g/mol. The maximum Gasteiger partial charge on any atom is 0.255 e. The second kappa shape index (κ2) is 4.81. The lowest BCUT2D eigenvalue weighted by atomic mass is 9.86. The van der Waals surface area contributed by atoms with Gasteiger partial charge in [0, 0.05) is 18.8 Å². The number of carbonyl (C=O) groups is 1. The Morgan fingerprint density at radius 3 is 2.67 bits per heavy atom. The van der Waals surface area contributed by atoms with Gasteiger partial charge in [-0.2, -0.15) is 0 Å². The molecule has 1 N–H and O–H groups in total. The van der Waals surface area contributed by atoms with E-state index in [-0.39, 0.29) is 12.8 Å². The number of amides is 1. The van der Waals surface area contributed by atoms with Crippen LogP contribution in [0.25, 0.3) is 0 Å². The fourth-order valence-electron chi connectivity index (χ4n) is 1.72. The molecular formula is C9H13F4NO. The zero-order valence-corrected chi connectivity index (χ0v) is 8.11. The van der Waals surface area contributed by atoms with Gasteiger partial charge in [-0.3, -0.25) is 4.79 Å². The van der Waals surface area contributed by atoms with Crippen molar-refractivity contribution in [2.24, 2.45) is 5.92 Å². The van der Waals surface area contributed by atoms with Crippen molar-refractivity contribution >= 4 is 5.91 Å². The first-order valence-corrected chi connectivity index (χ1v) is 4.84. The number of nitrogens with one attached hydrogen (secondary N) is 1. The molecule has 1 fully saturated rings. The van der Waals surface area contributed by atoms with E-state index in [0.717, 1.165) is 0 Å². The standard InChI is InChI=1S/C9H13F4NO/c10-7(11)5-14-8(15)6-2-1-3-9(12,13)4-6/h6-7H,1-5H2,(H,14,15)/t6-/m1/s1. The van der Waals surface area contributed by atoms with Crippen molar-refractivity contribution in [2.75, 3.05) is 6.54 Å². The van der Waals surface area contributed by atoms with Crippen molar-refractivity contribution < 1.29 is 22.4 Å². The summed E-state index contributed by atoms with van der Waals surface area (Å²) in [7, 11) is 0. The van der Waals surface area contributed by atoms with Gasteiger partial charge in [0.15, 0.2) is 0 Å². The monoisotopic (exact) mass is 227 g/mol. The van der Waals surface area contributed by atoms with Crippen LogP contribution in [0.2, 0.25) is 0 Å². The molecule has 0 unspecified atom stereocenters. The highest BCUT2D eigenvalue weighted by molar-refractivity contribution is 5.78. The average Bonchev–Trinajstić information content (AvgIpc) is 2.12. The lowest BCUT2D eigenvalue weighted by Crippen LogP contribution is -2.39. The Kier molecular flexibility index (Phi) is 3.93. The molecule has 0 aromatic heterocycles. The molecule has 0 saturated heterocycles. The van der Waals surface area contributed by atoms with Crippen LogP contribution in [-0.2, 0) is 4.79 Å². The first-order valence-electron chi connectivity index (χ1n) is 4.84. The molecule has 1 rings (SSSR count). The van der Waals surface area contributed by atoms with Crippen LogP contribution in [0.15, 0.2) is 0 Å². The minimum Gasteiger partial charge on any atom is -0.350 e. The summed E-state index contributed by atoms with van der Waals surface area (Å²) >= 11 is 0. The fourth-order valence-corrected chi connectivity index (χ4v) is 1.72. The summed E-state index contributed by atoms with van der Waals surface area (Å²) in [5, 5.41) is 1.97. The van der Waals surface area contributed by atoms with Crippen molar-refractivity contribution in [2.45, 2.75) is 38.0 Å². The summed E-state index contributed by atoms with van der Waals surface area (Å²) in [4.78, 5) is 11.2. The summed E-state index contributed by atoms with van der Waals surface area (Å²) in [6, 6.07) is 0. The number of alkyl halides is 4. The second-order valence-corrected chi connectivity index (χ2v) is 3.79. The van der Waals surface area contributed by atoms with Gasteiger partial charge in [-0.05, 0) is 12.8 Å². The van der Waals surface area contributed by atoms with E-state index < -0.39 is 37.1 Å². The van der Waals surface area contributed by atoms with E-state index in [1.165, 1.54) is 0 Å². The molecule has 0 heterocycles. The second-order valence-electron chi connectivity index (χ2n) is 3.79. The largest absolute Gasteiger partial charge is 0.350 e. The molecule has 6 heteroatoms. The first-order chi connectivity index (χ1) is 6.91. The van der Waals surface area contributed by atoms with Gasteiger partial charge < -0.3 is 5.32 Å². The predicted octanol–water partition coefficient (Wildman–Crippen LogP) is 2.19. The Morgan fingerprint density at radius 1 is 1.47 bits per heavy atom. The molecule has 2 nitrogen and oxygen atoms in total. The Hall–Kier alpha value is -0.810. The molecule has 0 spiro atoms. The lowest BCUT2D eigenvalue weighted by Gasteiger charge is -2.27. The zero-order valence-electron chi connectivity index (χ0n) is 8.11. The van der Waals surface area contributed by atoms with Gasteiger partial charge in [0.2, 0.25) is 11.8 Å². The molecular weight excluding hydrogens is 214 g/mol. The van der Waals surface area contributed by atoms with Crippen molar-refractivity contribution in [1.82, 2.24) is 5.32 Å². The van der Waals surface area contributed by atoms with E-state index >= 15 is 0 Å². The lowest BCUT2D eigenvalue weighted by molar-refractivity contribution is -0.132. The topological polar surface area (TPSA) is 29.1 Å². The third-order valence-electron chi connectivity index (χ3n) is 2.44. The van der Waals surface area contributed by atoms with E-state index in [4.69, 9.17) is 0 Å². The highest BCUT2D eigenvalue weighted by Gasteiger charge is 2.39. The molecule has 0 aromatic rings. The summed E-state index contributed by atoms with van der Waals surface area (Å²) in [6.45, 7) is -0.763. The Balaban J connectivity index is 2.39. The summed E-state index contributed by atoms with van der Waals surface area (Å²) in [5.41, 5.74) is 0. The number of hydrogen-bond acceptors (Lipinski definition) is 1. The number of rotatable bonds is 3. The van der Waals surface area contributed by atoms with E-state index in [1.54, 1.807) is 0 Å². The van der Waals surface area contributed by atoms with Gasteiger partial charge in [0.1, 0.15) is 0 Å². The third kappa shape index (κ3) is 4.05. The minimum atomic E-state index is -2.83. The van der Waals surface area contributed by atoms with Gasteiger partial charge in [0.25, 0.3) is 6.43 Å². The smallest absolute Gasteiger partial charge is 0.255 e. The molecule has 0 aromatic carbocycles. The van der Waals surface area contributed by atoms with Crippen LogP contribution >= 0.6 is 0 Å². The normalized spacial score (nSPS) is 25.3. The van der Waals surface area contributed by atoms with Crippen LogP contribution < -0.4 is 5.32 Å². The van der Waals surface area contributed by atoms with Gasteiger partial charge in [-0.15, -0.1) is 0 Å². The van der Waals surface area contributed by atoms with Gasteiger partial charge in [-0.25, -0.2) is 17.6 Å². The fraction of sp³-hybridized carbons (Fsp3) is 0.889. The molecule has 0 aliphatic heterocycles. The maximum absolute atomic E-state index is 12.9. The molecule has 1 atom stereocenters. The molecule has 15 heavy (non-hydrogen) atoms. The van der Waals surface area contributed by atoms with Gasteiger partial charge in [-0.1, -0.05) is 0 Å². The van der Waals surface area contributed by atoms with Crippen LogP contribution in [0.1, 0.15) is 25.7 Å². The quantitative estimate of drug-likeness (QED) is 0.736. The van der Waals surface area contributed by atoms with Gasteiger partial charge >= 0.3 is 0 Å².